The van der Waals surface area contributed by atoms with Crippen LogP contribution in [0, 0.1) is 12.7 Å². The SMILES string of the molecule is Cc1nc(S[C@@H](C)c2ccc(F)cc2)c2ccccc2n1. The number of para-hydroxylation sites is 1. The van der Waals surface area contributed by atoms with Crippen LogP contribution in [0.5, 0.6) is 0 Å². The van der Waals surface area contributed by atoms with Gasteiger partial charge < -0.3 is 0 Å². The van der Waals surface area contributed by atoms with Crippen molar-refractivity contribution in [3.8, 4) is 0 Å². The van der Waals surface area contributed by atoms with Crippen molar-refractivity contribution in [3.05, 3.63) is 65.7 Å². The van der Waals surface area contributed by atoms with Gasteiger partial charge in [-0.15, -0.1) is 0 Å². The maximum absolute atomic E-state index is 13.0. The van der Waals surface area contributed by atoms with Crippen molar-refractivity contribution in [2.75, 3.05) is 0 Å². The molecule has 0 bridgehead atoms. The van der Waals surface area contributed by atoms with Gasteiger partial charge in [0.05, 0.1) is 5.52 Å². The minimum atomic E-state index is -0.209. The van der Waals surface area contributed by atoms with Crippen LogP contribution in [0.3, 0.4) is 0 Å². The highest BCUT2D eigenvalue weighted by Gasteiger charge is 2.12. The third-order valence-corrected chi connectivity index (χ3v) is 4.47. The van der Waals surface area contributed by atoms with Crippen LogP contribution in [0.1, 0.15) is 23.6 Å². The summed E-state index contributed by atoms with van der Waals surface area (Å²) < 4.78 is 13.0. The lowest BCUT2D eigenvalue weighted by Gasteiger charge is -2.13. The Morgan fingerprint density at radius 3 is 2.48 bits per heavy atom. The van der Waals surface area contributed by atoms with Crippen molar-refractivity contribution in [1.82, 2.24) is 9.97 Å². The molecule has 0 aliphatic rings. The number of benzene rings is 2. The average Bonchev–Trinajstić information content (AvgIpc) is 2.47. The van der Waals surface area contributed by atoms with Crippen molar-refractivity contribution >= 4 is 22.7 Å². The summed E-state index contributed by atoms with van der Waals surface area (Å²) in [5, 5.41) is 2.22. The quantitative estimate of drug-likeness (QED) is 0.506. The Morgan fingerprint density at radius 2 is 1.71 bits per heavy atom. The molecule has 4 heteroatoms. The van der Waals surface area contributed by atoms with Crippen LogP contribution >= 0.6 is 11.8 Å². The number of nitrogens with zero attached hydrogens (tertiary/aromatic N) is 2. The smallest absolute Gasteiger partial charge is 0.127 e. The zero-order valence-electron chi connectivity index (χ0n) is 11.9. The van der Waals surface area contributed by atoms with Gasteiger partial charge in [0.1, 0.15) is 16.7 Å². The van der Waals surface area contributed by atoms with Crippen LogP contribution in [0.2, 0.25) is 0 Å². The normalized spacial score (nSPS) is 12.5. The summed E-state index contributed by atoms with van der Waals surface area (Å²) in [5.41, 5.74) is 2.04. The van der Waals surface area contributed by atoms with E-state index in [4.69, 9.17) is 0 Å². The Balaban J connectivity index is 1.95. The summed E-state index contributed by atoms with van der Waals surface area (Å²) in [6.07, 6.45) is 0. The van der Waals surface area contributed by atoms with E-state index in [1.165, 1.54) is 12.1 Å². The molecule has 0 amide bonds. The van der Waals surface area contributed by atoms with E-state index in [0.717, 1.165) is 27.3 Å². The predicted molar refractivity (Wildman–Crippen MR) is 84.9 cm³/mol. The summed E-state index contributed by atoms with van der Waals surface area (Å²) in [6.45, 7) is 4.00. The van der Waals surface area contributed by atoms with Crippen molar-refractivity contribution in [3.63, 3.8) is 0 Å². The highest BCUT2D eigenvalue weighted by Crippen LogP contribution is 2.36. The van der Waals surface area contributed by atoms with Gasteiger partial charge in [0.25, 0.3) is 0 Å². The Kier molecular flexibility index (Phi) is 3.88. The summed E-state index contributed by atoms with van der Waals surface area (Å²) >= 11 is 1.67. The lowest BCUT2D eigenvalue weighted by molar-refractivity contribution is 0.627. The molecule has 1 heterocycles. The van der Waals surface area contributed by atoms with E-state index >= 15 is 0 Å². The minimum Gasteiger partial charge on any atom is -0.233 e. The van der Waals surface area contributed by atoms with Gasteiger partial charge in [0.15, 0.2) is 0 Å². The lowest BCUT2D eigenvalue weighted by atomic mass is 10.2. The molecule has 0 N–H and O–H groups in total. The van der Waals surface area contributed by atoms with Crippen LogP contribution in [0.25, 0.3) is 10.9 Å². The Morgan fingerprint density at radius 1 is 1.00 bits per heavy atom. The summed E-state index contributed by atoms with van der Waals surface area (Å²) in [6, 6.07) is 14.6. The third kappa shape index (κ3) is 3.05. The first kappa shape index (κ1) is 14.0. The first-order valence-corrected chi connectivity index (χ1v) is 7.67. The number of rotatable bonds is 3. The molecule has 0 aliphatic heterocycles. The van der Waals surface area contributed by atoms with Crippen molar-refractivity contribution < 1.29 is 4.39 Å². The number of fused-ring (bicyclic) bond motifs is 1. The van der Waals surface area contributed by atoms with Crippen molar-refractivity contribution in [2.45, 2.75) is 24.1 Å². The highest BCUT2D eigenvalue weighted by atomic mass is 32.2. The molecule has 2 aromatic carbocycles. The fraction of sp³-hybridized carbons (Fsp3) is 0.176. The molecule has 0 fully saturated rings. The van der Waals surface area contributed by atoms with Crippen molar-refractivity contribution in [2.24, 2.45) is 0 Å². The lowest BCUT2D eigenvalue weighted by Crippen LogP contribution is -1.95. The van der Waals surface area contributed by atoms with E-state index in [0.29, 0.717) is 0 Å². The summed E-state index contributed by atoms with van der Waals surface area (Å²) in [7, 11) is 0. The van der Waals surface area contributed by atoms with Gasteiger partial charge in [-0.2, -0.15) is 0 Å². The number of hydrogen-bond acceptors (Lipinski definition) is 3. The largest absolute Gasteiger partial charge is 0.233 e. The summed E-state index contributed by atoms with van der Waals surface area (Å²) in [4.78, 5) is 9.02. The van der Waals surface area contributed by atoms with Gasteiger partial charge in [-0.25, -0.2) is 14.4 Å². The molecular weight excluding hydrogens is 283 g/mol. The highest BCUT2D eigenvalue weighted by molar-refractivity contribution is 7.99. The standard InChI is InChI=1S/C17H15FN2S/c1-11(13-7-9-14(18)10-8-13)21-17-15-5-3-4-6-16(15)19-12(2)20-17/h3-11H,1-2H3/t11-/m0/s1. The Labute approximate surface area is 127 Å². The Hall–Kier alpha value is -1.94. The van der Waals surface area contributed by atoms with E-state index in [1.54, 1.807) is 11.8 Å². The van der Waals surface area contributed by atoms with Crippen LogP contribution in [-0.4, -0.2) is 9.97 Å². The average molecular weight is 298 g/mol. The van der Waals surface area contributed by atoms with Crippen LogP contribution in [0.4, 0.5) is 4.39 Å². The molecule has 0 saturated heterocycles. The molecule has 0 saturated carbocycles. The summed E-state index contributed by atoms with van der Waals surface area (Å²) in [5.74, 6) is 0.557. The second-order valence-electron chi connectivity index (χ2n) is 4.90. The monoisotopic (exact) mass is 298 g/mol. The fourth-order valence-corrected chi connectivity index (χ4v) is 3.33. The van der Waals surface area contributed by atoms with E-state index in [2.05, 4.69) is 16.9 Å². The molecule has 3 aromatic rings. The van der Waals surface area contributed by atoms with Gasteiger partial charge >= 0.3 is 0 Å². The van der Waals surface area contributed by atoms with Gasteiger partial charge in [-0.05, 0) is 37.6 Å². The first-order valence-electron chi connectivity index (χ1n) is 6.79. The van der Waals surface area contributed by atoms with E-state index < -0.39 is 0 Å². The van der Waals surface area contributed by atoms with Gasteiger partial charge in [0.2, 0.25) is 0 Å². The van der Waals surface area contributed by atoms with Gasteiger partial charge in [-0.3, -0.25) is 0 Å². The molecule has 1 aromatic heterocycles. The van der Waals surface area contributed by atoms with Gasteiger partial charge in [0, 0.05) is 10.6 Å². The molecule has 21 heavy (non-hydrogen) atoms. The molecule has 0 spiro atoms. The van der Waals surface area contributed by atoms with Crippen LogP contribution in [-0.2, 0) is 0 Å². The number of hydrogen-bond donors (Lipinski definition) is 0. The van der Waals surface area contributed by atoms with Gasteiger partial charge in [-0.1, -0.05) is 42.1 Å². The second-order valence-corrected chi connectivity index (χ2v) is 6.23. The second kappa shape index (κ2) is 5.82. The molecule has 1 atom stereocenters. The number of halogens is 1. The van der Waals surface area contributed by atoms with Crippen LogP contribution < -0.4 is 0 Å². The number of aromatic nitrogens is 2. The maximum atomic E-state index is 13.0. The van der Waals surface area contributed by atoms with E-state index in [-0.39, 0.29) is 11.1 Å². The molecular formula is C17H15FN2S. The predicted octanol–water partition coefficient (Wildman–Crippen LogP) is 4.93. The Bertz CT molecular complexity index is 771. The fourth-order valence-electron chi connectivity index (χ4n) is 2.22. The topological polar surface area (TPSA) is 25.8 Å². The third-order valence-electron chi connectivity index (χ3n) is 3.31. The molecule has 2 nitrogen and oxygen atoms in total. The first-order chi connectivity index (χ1) is 10.1. The molecule has 106 valence electrons. The zero-order chi connectivity index (χ0) is 14.8. The number of thioether (sulfide) groups is 1. The number of aryl methyl sites for hydroxylation is 1. The minimum absolute atomic E-state index is 0.198. The van der Waals surface area contributed by atoms with Crippen molar-refractivity contribution in [1.29, 1.82) is 0 Å². The molecule has 0 unspecified atom stereocenters. The molecule has 0 radical (unpaired) electrons. The molecule has 3 rings (SSSR count). The van der Waals surface area contributed by atoms with Crippen LogP contribution in [0.15, 0.2) is 53.6 Å². The molecule has 0 aliphatic carbocycles. The van der Waals surface area contributed by atoms with E-state index in [1.807, 2.05) is 43.3 Å². The maximum Gasteiger partial charge on any atom is 0.127 e. The van der Waals surface area contributed by atoms with E-state index in [9.17, 15) is 4.39 Å². The zero-order valence-corrected chi connectivity index (χ0v) is 12.7.